The SMILES string of the molecule is O=C(O)CCC1CSc2nnc(C3CCC3)n2N1. The van der Waals surface area contributed by atoms with E-state index in [1.807, 2.05) is 4.68 Å². The van der Waals surface area contributed by atoms with Crippen molar-refractivity contribution >= 4 is 17.7 Å². The Morgan fingerprint density at radius 2 is 2.33 bits per heavy atom. The first-order valence-electron chi connectivity index (χ1n) is 6.30. The molecule has 0 bridgehead atoms. The molecule has 2 N–H and O–H groups in total. The molecule has 1 saturated carbocycles. The number of hydrogen-bond acceptors (Lipinski definition) is 5. The highest BCUT2D eigenvalue weighted by atomic mass is 32.2. The highest BCUT2D eigenvalue weighted by Gasteiger charge is 2.30. The highest BCUT2D eigenvalue weighted by Crippen LogP contribution is 2.37. The molecule has 1 aliphatic carbocycles. The van der Waals surface area contributed by atoms with Gasteiger partial charge in [0.05, 0.1) is 6.04 Å². The molecular formula is C11H16N4O2S. The van der Waals surface area contributed by atoms with Gasteiger partial charge in [0.15, 0.2) is 5.82 Å². The molecule has 0 spiro atoms. The standard InChI is InChI=1S/C11H16N4O2S/c16-9(17)5-4-8-6-18-11-13-12-10(15(11)14-8)7-2-1-3-7/h7-8,14H,1-6H2,(H,16,17). The number of carbonyl (C=O) groups is 1. The Labute approximate surface area is 109 Å². The number of nitrogens with one attached hydrogen (secondary N) is 1. The number of nitrogens with zero attached hydrogens (tertiary/aromatic N) is 3. The molecular weight excluding hydrogens is 252 g/mol. The maximum atomic E-state index is 10.6. The van der Waals surface area contributed by atoms with Gasteiger partial charge in [-0.2, -0.15) is 0 Å². The van der Waals surface area contributed by atoms with Crippen LogP contribution in [0.25, 0.3) is 0 Å². The van der Waals surface area contributed by atoms with Gasteiger partial charge in [0.25, 0.3) is 0 Å². The normalized spacial score (nSPS) is 23.0. The second-order valence-corrected chi connectivity index (χ2v) is 5.86. The molecule has 1 fully saturated rings. The summed E-state index contributed by atoms with van der Waals surface area (Å²) in [7, 11) is 0. The Hall–Kier alpha value is -1.24. The van der Waals surface area contributed by atoms with Crippen LogP contribution in [0.5, 0.6) is 0 Å². The highest BCUT2D eigenvalue weighted by molar-refractivity contribution is 7.99. The van der Waals surface area contributed by atoms with Crippen molar-refractivity contribution in [3.63, 3.8) is 0 Å². The molecule has 0 radical (unpaired) electrons. The number of aliphatic carboxylic acids is 1. The third-order valence-corrected chi connectivity index (χ3v) is 4.65. The van der Waals surface area contributed by atoms with Crippen LogP contribution in [0.2, 0.25) is 0 Å². The molecule has 2 aliphatic rings. The molecule has 98 valence electrons. The fraction of sp³-hybridized carbons (Fsp3) is 0.727. The van der Waals surface area contributed by atoms with Crippen molar-refractivity contribution in [1.82, 2.24) is 14.9 Å². The van der Waals surface area contributed by atoms with Crippen LogP contribution in [0.4, 0.5) is 0 Å². The summed E-state index contributed by atoms with van der Waals surface area (Å²) in [5.41, 5.74) is 3.36. The second-order valence-electron chi connectivity index (χ2n) is 4.87. The molecule has 0 aromatic carbocycles. The molecule has 7 heteroatoms. The number of rotatable bonds is 4. The monoisotopic (exact) mass is 268 g/mol. The van der Waals surface area contributed by atoms with Gasteiger partial charge in [-0.3, -0.25) is 4.79 Å². The Kier molecular flexibility index (Phi) is 3.15. The lowest BCUT2D eigenvalue weighted by molar-refractivity contribution is -0.137. The van der Waals surface area contributed by atoms with E-state index in [-0.39, 0.29) is 12.5 Å². The maximum absolute atomic E-state index is 10.6. The zero-order valence-electron chi connectivity index (χ0n) is 10.0. The molecule has 1 aromatic rings. The van der Waals surface area contributed by atoms with Gasteiger partial charge in [-0.25, -0.2) is 4.68 Å². The van der Waals surface area contributed by atoms with Crippen molar-refractivity contribution in [2.24, 2.45) is 0 Å². The number of carboxylic acids is 1. The molecule has 3 rings (SSSR count). The Morgan fingerprint density at radius 3 is 3.00 bits per heavy atom. The summed E-state index contributed by atoms with van der Waals surface area (Å²) in [4.78, 5) is 10.6. The van der Waals surface area contributed by atoms with Gasteiger partial charge in [0.2, 0.25) is 5.16 Å². The lowest BCUT2D eigenvalue weighted by Gasteiger charge is -2.30. The summed E-state index contributed by atoms with van der Waals surface area (Å²) in [5.74, 6) is 1.66. The van der Waals surface area contributed by atoms with Crippen molar-refractivity contribution in [2.45, 2.75) is 49.2 Å². The molecule has 6 nitrogen and oxygen atoms in total. The average molecular weight is 268 g/mol. The quantitative estimate of drug-likeness (QED) is 0.860. The van der Waals surface area contributed by atoms with Crippen molar-refractivity contribution in [3.05, 3.63) is 5.82 Å². The summed E-state index contributed by atoms with van der Waals surface area (Å²) in [6.07, 6.45) is 4.48. The second kappa shape index (κ2) is 4.79. The zero-order chi connectivity index (χ0) is 12.5. The van der Waals surface area contributed by atoms with Gasteiger partial charge < -0.3 is 10.5 Å². The zero-order valence-corrected chi connectivity index (χ0v) is 10.8. The fourth-order valence-corrected chi connectivity index (χ4v) is 3.23. The molecule has 1 unspecified atom stereocenters. The smallest absolute Gasteiger partial charge is 0.303 e. The topological polar surface area (TPSA) is 80.0 Å². The van der Waals surface area contributed by atoms with Gasteiger partial charge in [-0.05, 0) is 19.3 Å². The van der Waals surface area contributed by atoms with Crippen LogP contribution in [0, 0.1) is 0 Å². The third kappa shape index (κ3) is 2.19. The Balaban J connectivity index is 1.70. The first kappa shape index (κ1) is 11.8. The summed E-state index contributed by atoms with van der Waals surface area (Å²) >= 11 is 1.66. The van der Waals surface area contributed by atoms with E-state index >= 15 is 0 Å². The lowest BCUT2D eigenvalue weighted by Crippen LogP contribution is -2.36. The molecule has 1 aromatic heterocycles. The predicted octanol–water partition coefficient (Wildman–Crippen LogP) is 1.43. The first-order chi connectivity index (χ1) is 8.74. The van der Waals surface area contributed by atoms with Crippen LogP contribution < -0.4 is 5.43 Å². The molecule has 1 aliphatic heterocycles. The summed E-state index contributed by atoms with van der Waals surface area (Å²) < 4.78 is 1.98. The molecule has 1 atom stereocenters. The summed E-state index contributed by atoms with van der Waals surface area (Å²) in [6, 6.07) is 0.188. The van der Waals surface area contributed by atoms with E-state index < -0.39 is 5.97 Å². The minimum absolute atomic E-state index is 0.188. The van der Waals surface area contributed by atoms with Crippen LogP contribution in [-0.2, 0) is 4.79 Å². The van der Waals surface area contributed by atoms with Crippen LogP contribution in [0.1, 0.15) is 43.8 Å². The molecule has 0 amide bonds. The van der Waals surface area contributed by atoms with E-state index in [4.69, 9.17) is 5.11 Å². The number of fused-ring (bicyclic) bond motifs is 1. The van der Waals surface area contributed by atoms with E-state index in [2.05, 4.69) is 15.6 Å². The van der Waals surface area contributed by atoms with E-state index in [1.165, 1.54) is 19.3 Å². The fourth-order valence-electron chi connectivity index (χ4n) is 2.27. The van der Waals surface area contributed by atoms with Crippen LogP contribution in [-0.4, -0.2) is 37.7 Å². The Morgan fingerprint density at radius 1 is 1.50 bits per heavy atom. The minimum Gasteiger partial charge on any atom is -0.481 e. The first-order valence-corrected chi connectivity index (χ1v) is 7.29. The number of hydrogen-bond donors (Lipinski definition) is 2. The largest absolute Gasteiger partial charge is 0.481 e. The van der Waals surface area contributed by atoms with Crippen molar-refractivity contribution in [2.75, 3.05) is 11.2 Å². The van der Waals surface area contributed by atoms with Crippen molar-refractivity contribution in [1.29, 1.82) is 0 Å². The van der Waals surface area contributed by atoms with Gasteiger partial charge in [0, 0.05) is 18.1 Å². The summed E-state index contributed by atoms with van der Waals surface area (Å²) in [5, 5.41) is 18.1. The number of aromatic nitrogens is 3. The maximum Gasteiger partial charge on any atom is 0.303 e. The summed E-state index contributed by atoms with van der Waals surface area (Å²) in [6.45, 7) is 0. The molecule has 2 heterocycles. The van der Waals surface area contributed by atoms with Crippen LogP contribution in [0.15, 0.2) is 5.16 Å². The number of carboxylic acid groups (broad SMARTS) is 1. The van der Waals surface area contributed by atoms with Crippen LogP contribution >= 0.6 is 11.8 Å². The van der Waals surface area contributed by atoms with Crippen molar-refractivity contribution in [3.8, 4) is 0 Å². The van der Waals surface area contributed by atoms with Gasteiger partial charge in [0.1, 0.15) is 0 Å². The third-order valence-electron chi connectivity index (χ3n) is 3.56. The van der Waals surface area contributed by atoms with Gasteiger partial charge in [-0.1, -0.05) is 18.2 Å². The lowest BCUT2D eigenvalue weighted by atomic mass is 9.85. The van der Waals surface area contributed by atoms with Crippen LogP contribution in [0.3, 0.4) is 0 Å². The Bertz CT molecular complexity index is 458. The van der Waals surface area contributed by atoms with Gasteiger partial charge >= 0.3 is 5.97 Å². The molecule has 18 heavy (non-hydrogen) atoms. The van der Waals surface area contributed by atoms with Gasteiger partial charge in [-0.15, -0.1) is 10.2 Å². The van der Waals surface area contributed by atoms with E-state index in [0.29, 0.717) is 12.3 Å². The van der Waals surface area contributed by atoms with Crippen molar-refractivity contribution < 1.29 is 9.90 Å². The van der Waals surface area contributed by atoms with E-state index in [9.17, 15) is 4.79 Å². The average Bonchev–Trinajstić information content (AvgIpc) is 2.68. The predicted molar refractivity (Wildman–Crippen MR) is 67.4 cm³/mol. The number of thioether (sulfide) groups is 1. The van der Waals surface area contributed by atoms with E-state index in [0.717, 1.165) is 16.7 Å². The molecule has 0 saturated heterocycles. The van der Waals surface area contributed by atoms with E-state index in [1.54, 1.807) is 11.8 Å². The minimum atomic E-state index is -0.740.